The monoisotopic (exact) mass is 346 g/mol. The summed E-state index contributed by atoms with van der Waals surface area (Å²) >= 11 is 0. The number of carbonyl (C=O) groups is 1. The Labute approximate surface area is 153 Å². The standard InChI is InChI=1S/C21H22N4O/c1-25(2)20(16-8-4-3-5-9-16)15-23-21(26)13-12-17-14-22-18-10-6-7-11-19(18)24-17/h3-14,20H,15H2,1-2H3,(H,23,26)/b13-12+. The molecular formula is C21H22N4O. The molecule has 0 aliphatic rings. The fourth-order valence-corrected chi connectivity index (χ4v) is 2.74. The van der Waals surface area contributed by atoms with Crippen molar-refractivity contribution in [3.05, 3.63) is 78.1 Å². The summed E-state index contributed by atoms with van der Waals surface area (Å²) in [6.45, 7) is 0.531. The highest BCUT2D eigenvalue weighted by Gasteiger charge is 2.14. The molecule has 3 rings (SSSR count). The Morgan fingerprint density at radius 3 is 2.50 bits per heavy atom. The lowest BCUT2D eigenvalue weighted by Crippen LogP contribution is -2.33. The van der Waals surface area contributed by atoms with Crippen molar-refractivity contribution >= 4 is 23.0 Å². The average Bonchev–Trinajstić information content (AvgIpc) is 2.67. The van der Waals surface area contributed by atoms with Crippen LogP contribution >= 0.6 is 0 Å². The summed E-state index contributed by atoms with van der Waals surface area (Å²) in [6.07, 6.45) is 4.84. The quantitative estimate of drug-likeness (QED) is 0.697. The minimum absolute atomic E-state index is 0.119. The van der Waals surface area contributed by atoms with Crippen LogP contribution in [0.1, 0.15) is 17.3 Å². The molecule has 0 aliphatic heterocycles. The number of likely N-dealkylation sites (N-methyl/N-ethyl adjacent to an activating group) is 1. The first-order valence-corrected chi connectivity index (χ1v) is 8.52. The van der Waals surface area contributed by atoms with Crippen LogP contribution in [0.2, 0.25) is 0 Å². The topological polar surface area (TPSA) is 58.1 Å². The maximum absolute atomic E-state index is 12.2. The summed E-state index contributed by atoms with van der Waals surface area (Å²) in [5.41, 5.74) is 3.48. The molecule has 1 atom stereocenters. The van der Waals surface area contributed by atoms with Crippen molar-refractivity contribution in [1.29, 1.82) is 0 Å². The van der Waals surface area contributed by atoms with Crippen LogP contribution in [-0.4, -0.2) is 41.4 Å². The lowest BCUT2D eigenvalue weighted by Gasteiger charge is -2.24. The Morgan fingerprint density at radius 1 is 1.08 bits per heavy atom. The van der Waals surface area contributed by atoms with Crippen molar-refractivity contribution in [1.82, 2.24) is 20.2 Å². The van der Waals surface area contributed by atoms with Crippen molar-refractivity contribution in [2.75, 3.05) is 20.6 Å². The zero-order chi connectivity index (χ0) is 18.4. The molecule has 1 N–H and O–H groups in total. The van der Waals surface area contributed by atoms with Gasteiger partial charge in [0, 0.05) is 12.6 Å². The van der Waals surface area contributed by atoms with Crippen LogP contribution in [0.15, 0.2) is 66.9 Å². The number of nitrogens with zero attached hydrogens (tertiary/aromatic N) is 3. The van der Waals surface area contributed by atoms with Crippen molar-refractivity contribution in [2.45, 2.75) is 6.04 Å². The largest absolute Gasteiger partial charge is 0.351 e. The van der Waals surface area contributed by atoms with E-state index < -0.39 is 0 Å². The molecule has 132 valence electrons. The summed E-state index contributed by atoms with van der Waals surface area (Å²) in [5.74, 6) is -0.150. The van der Waals surface area contributed by atoms with E-state index in [2.05, 4.69) is 32.3 Å². The number of rotatable bonds is 6. The first kappa shape index (κ1) is 17.8. The van der Waals surface area contributed by atoms with E-state index in [-0.39, 0.29) is 11.9 Å². The van der Waals surface area contributed by atoms with E-state index in [1.807, 2.05) is 56.6 Å². The first-order valence-electron chi connectivity index (χ1n) is 8.52. The van der Waals surface area contributed by atoms with Gasteiger partial charge in [0.1, 0.15) is 0 Å². The van der Waals surface area contributed by atoms with E-state index in [0.29, 0.717) is 12.2 Å². The summed E-state index contributed by atoms with van der Waals surface area (Å²) in [7, 11) is 4.01. The second kappa shape index (κ2) is 8.36. The summed E-state index contributed by atoms with van der Waals surface area (Å²) in [4.78, 5) is 23.1. The highest BCUT2D eigenvalue weighted by Crippen LogP contribution is 2.16. The van der Waals surface area contributed by atoms with Crippen LogP contribution in [0.4, 0.5) is 0 Å². The van der Waals surface area contributed by atoms with Gasteiger partial charge in [-0.15, -0.1) is 0 Å². The molecule has 1 amide bonds. The minimum atomic E-state index is -0.150. The fourth-order valence-electron chi connectivity index (χ4n) is 2.74. The van der Waals surface area contributed by atoms with Gasteiger partial charge >= 0.3 is 0 Å². The predicted molar refractivity (Wildman–Crippen MR) is 104 cm³/mol. The van der Waals surface area contributed by atoms with Crippen LogP contribution < -0.4 is 5.32 Å². The first-order chi connectivity index (χ1) is 12.6. The number of hydrogen-bond donors (Lipinski definition) is 1. The Bertz CT molecular complexity index is 906. The van der Waals surface area contributed by atoms with Crippen molar-refractivity contribution in [3.8, 4) is 0 Å². The van der Waals surface area contributed by atoms with Crippen LogP contribution in [0, 0.1) is 0 Å². The smallest absolute Gasteiger partial charge is 0.244 e. The van der Waals surface area contributed by atoms with Crippen molar-refractivity contribution in [2.24, 2.45) is 0 Å². The highest BCUT2D eigenvalue weighted by atomic mass is 16.1. The lowest BCUT2D eigenvalue weighted by atomic mass is 10.1. The Kier molecular flexibility index (Phi) is 5.71. The molecule has 0 radical (unpaired) electrons. The molecule has 0 fully saturated rings. The van der Waals surface area contributed by atoms with Gasteiger partial charge in [-0.05, 0) is 37.9 Å². The molecular weight excluding hydrogens is 324 g/mol. The van der Waals surface area contributed by atoms with Gasteiger partial charge in [-0.1, -0.05) is 42.5 Å². The number of aromatic nitrogens is 2. The van der Waals surface area contributed by atoms with Gasteiger partial charge in [-0.3, -0.25) is 9.78 Å². The lowest BCUT2D eigenvalue weighted by molar-refractivity contribution is -0.116. The maximum Gasteiger partial charge on any atom is 0.244 e. The normalized spacial score (nSPS) is 12.6. The van der Waals surface area contributed by atoms with Crippen LogP contribution in [-0.2, 0) is 4.79 Å². The third-order valence-electron chi connectivity index (χ3n) is 4.15. The zero-order valence-corrected chi connectivity index (χ0v) is 15.0. The maximum atomic E-state index is 12.2. The third kappa shape index (κ3) is 4.52. The Morgan fingerprint density at radius 2 is 1.77 bits per heavy atom. The van der Waals surface area contributed by atoms with Crippen molar-refractivity contribution < 1.29 is 4.79 Å². The van der Waals surface area contributed by atoms with Crippen LogP contribution in [0.3, 0.4) is 0 Å². The van der Waals surface area contributed by atoms with Crippen molar-refractivity contribution in [3.63, 3.8) is 0 Å². The molecule has 2 aromatic carbocycles. The second-order valence-electron chi connectivity index (χ2n) is 6.25. The number of fused-ring (bicyclic) bond motifs is 1. The fraction of sp³-hybridized carbons (Fsp3) is 0.190. The molecule has 5 nitrogen and oxygen atoms in total. The van der Waals surface area contributed by atoms with Gasteiger partial charge in [0.2, 0.25) is 5.91 Å². The van der Waals surface area contributed by atoms with E-state index in [0.717, 1.165) is 11.0 Å². The van der Waals surface area contributed by atoms with Gasteiger partial charge in [-0.2, -0.15) is 0 Å². The second-order valence-corrected chi connectivity index (χ2v) is 6.25. The molecule has 0 aliphatic carbocycles. The van der Waals surface area contributed by atoms with Gasteiger partial charge in [-0.25, -0.2) is 4.98 Å². The zero-order valence-electron chi connectivity index (χ0n) is 15.0. The summed E-state index contributed by atoms with van der Waals surface area (Å²) < 4.78 is 0. The molecule has 1 aromatic heterocycles. The van der Waals surface area contributed by atoms with Gasteiger partial charge < -0.3 is 10.2 Å². The summed E-state index contributed by atoms with van der Waals surface area (Å²) in [5, 5.41) is 2.95. The number of amides is 1. The van der Waals surface area contributed by atoms with E-state index in [1.54, 1.807) is 12.3 Å². The average molecular weight is 346 g/mol. The molecule has 0 spiro atoms. The number of para-hydroxylation sites is 2. The number of benzene rings is 2. The molecule has 26 heavy (non-hydrogen) atoms. The van der Waals surface area contributed by atoms with E-state index >= 15 is 0 Å². The molecule has 1 unspecified atom stereocenters. The van der Waals surface area contributed by atoms with Gasteiger partial charge in [0.05, 0.1) is 29.0 Å². The number of hydrogen-bond acceptors (Lipinski definition) is 4. The number of carbonyl (C=O) groups excluding carboxylic acids is 1. The molecule has 1 heterocycles. The third-order valence-corrected chi connectivity index (χ3v) is 4.15. The Balaban J connectivity index is 1.62. The molecule has 0 saturated carbocycles. The predicted octanol–water partition coefficient (Wildman–Crippen LogP) is 3.06. The van der Waals surface area contributed by atoms with E-state index in [9.17, 15) is 4.79 Å². The van der Waals surface area contributed by atoms with Crippen LogP contribution in [0.25, 0.3) is 17.1 Å². The SMILES string of the molecule is CN(C)C(CNC(=O)/C=C/c1cnc2ccccc2n1)c1ccccc1. The van der Waals surface area contributed by atoms with Gasteiger partial charge in [0.25, 0.3) is 0 Å². The van der Waals surface area contributed by atoms with E-state index in [1.165, 1.54) is 11.6 Å². The Hall–Kier alpha value is -3.05. The molecule has 0 bridgehead atoms. The number of nitrogens with one attached hydrogen (secondary N) is 1. The van der Waals surface area contributed by atoms with Gasteiger partial charge in [0.15, 0.2) is 0 Å². The van der Waals surface area contributed by atoms with Crippen LogP contribution in [0.5, 0.6) is 0 Å². The summed E-state index contributed by atoms with van der Waals surface area (Å²) in [6, 6.07) is 17.9. The van der Waals surface area contributed by atoms with E-state index in [4.69, 9.17) is 0 Å². The molecule has 5 heteroatoms. The highest BCUT2D eigenvalue weighted by molar-refractivity contribution is 5.91. The molecule has 3 aromatic rings. The minimum Gasteiger partial charge on any atom is -0.351 e. The molecule has 0 saturated heterocycles.